The van der Waals surface area contributed by atoms with Crippen LogP contribution < -0.4 is 0 Å². The van der Waals surface area contributed by atoms with Gasteiger partial charge >= 0.3 is 5.97 Å². The molecular formula is C12H12BrNO5. The second-order valence-corrected chi connectivity index (χ2v) is 4.99. The predicted octanol–water partition coefficient (Wildman–Crippen LogP) is 1.10. The van der Waals surface area contributed by atoms with Crippen LogP contribution in [0.4, 0.5) is 0 Å². The Balaban J connectivity index is 2.06. The molecule has 1 saturated heterocycles. The molecule has 0 spiro atoms. The average Bonchev–Trinajstić information content (AvgIpc) is 2.92. The van der Waals surface area contributed by atoms with Crippen molar-refractivity contribution in [1.29, 1.82) is 0 Å². The van der Waals surface area contributed by atoms with Gasteiger partial charge in [0.2, 0.25) is 5.91 Å². The van der Waals surface area contributed by atoms with E-state index in [0.29, 0.717) is 10.4 Å². The fraction of sp³-hybridized carbons (Fsp3) is 0.333. The van der Waals surface area contributed by atoms with Crippen LogP contribution in [0.25, 0.3) is 6.08 Å². The normalized spacial score (nSPS) is 23.2. The van der Waals surface area contributed by atoms with Gasteiger partial charge in [0.1, 0.15) is 11.8 Å². The maximum Gasteiger partial charge on any atom is 0.326 e. The van der Waals surface area contributed by atoms with Crippen molar-refractivity contribution in [3.05, 3.63) is 28.6 Å². The molecule has 1 fully saturated rings. The first kappa shape index (κ1) is 13.8. The van der Waals surface area contributed by atoms with Crippen molar-refractivity contribution in [2.24, 2.45) is 0 Å². The third-order valence-corrected chi connectivity index (χ3v) is 3.26. The molecule has 2 heterocycles. The minimum absolute atomic E-state index is 0.0298. The van der Waals surface area contributed by atoms with Crippen molar-refractivity contribution in [3.63, 3.8) is 0 Å². The first-order valence-electron chi connectivity index (χ1n) is 5.62. The van der Waals surface area contributed by atoms with E-state index in [2.05, 4.69) is 15.9 Å². The number of nitrogens with zero attached hydrogens (tertiary/aromatic N) is 1. The zero-order chi connectivity index (χ0) is 14.0. The Kier molecular flexibility index (Phi) is 4.06. The maximum absolute atomic E-state index is 11.9. The molecule has 2 atom stereocenters. The molecule has 1 aliphatic rings. The molecule has 1 aromatic rings. The van der Waals surface area contributed by atoms with Gasteiger partial charge in [-0.3, -0.25) is 4.79 Å². The molecule has 0 aromatic carbocycles. The summed E-state index contributed by atoms with van der Waals surface area (Å²) >= 11 is 3.14. The lowest BCUT2D eigenvalue weighted by Gasteiger charge is -2.18. The number of aliphatic carboxylic acids is 1. The Labute approximate surface area is 117 Å². The molecule has 2 N–H and O–H groups in total. The van der Waals surface area contributed by atoms with Crippen molar-refractivity contribution in [1.82, 2.24) is 4.90 Å². The number of furan rings is 1. The molecule has 2 rings (SSSR count). The summed E-state index contributed by atoms with van der Waals surface area (Å²) in [5.74, 6) is -1.10. The van der Waals surface area contributed by atoms with Crippen LogP contribution in [0.2, 0.25) is 0 Å². The van der Waals surface area contributed by atoms with Crippen LogP contribution in [0, 0.1) is 0 Å². The largest absolute Gasteiger partial charge is 0.480 e. The van der Waals surface area contributed by atoms with E-state index in [1.165, 1.54) is 12.2 Å². The number of hydrogen-bond donors (Lipinski definition) is 2. The van der Waals surface area contributed by atoms with Gasteiger partial charge in [-0.1, -0.05) is 0 Å². The van der Waals surface area contributed by atoms with Crippen molar-refractivity contribution >= 4 is 33.9 Å². The van der Waals surface area contributed by atoms with Gasteiger partial charge < -0.3 is 19.5 Å². The molecule has 1 aromatic heterocycles. The summed E-state index contributed by atoms with van der Waals surface area (Å²) < 4.78 is 5.73. The molecule has 19 heavy (non-hydrogen) atoms. The van der Waals surface area contributed by atoms with Gasteiger partial charge in [0.05, 0.1) is 6.10 Å². The van der Waals surface area contributed by atoms with E-state index in [1.807, 2.05) is 0 Å². The summed E-state index contributed by atoms with van der Waals surface area (Å²) in [5, 5.41) is 18.4. The van der Waals surface area contributed by atoms with Gasteiger partial charge in [-0.15, -0.1) is 0 Å². The van der Waals surface area contributed by atoms with Crippen molar-refractivity contribution < 1.29 is 24.2 Å². The van der Waals surface area contributed by atoms with Crippen LogP contribution in [-0.2, 0) is 9.59 Å². The summed E-state index contributed by atoms with van der Waals surface area (Å²) in [6.45, 7) is 0.0298. The zero-order valence-electron chi connectivity index (χ0n) is 9.82. The summed E-state index contributed by atoms with van der Waals surface area (Å²) in [6, 6.07) is 2.38. The molecule has 1 amide bonds. The highest BCUT2D eigenvalue weighted by atomic mass is 79.9. The van der Waals surface area contributed by atoms with Crippen LogP contribution in [0.15, 0.2) is 27.3 Å². The summed E-state index contributed by atoms with van der Waals surface area (Å²) in [4.78, 5) is 24.0. The number of carbonyl (C=O) groups is 2. The zero-order valence-corrected chi connectivity index (χ0v) is 11.4. The number of carboxylic acids is 1. The number of amides is 1. The van der Waals surface area contributed by atoms with E-state index in [0.717, 1.165) is 4.90 Å². The topological polar surface area (TPSA) is 91.0 Å². The van der Waals surface area contributed by atoms with E-state index in [4.69, 9.17) is 9.52 Å². The average molecular weight is 330 g/mol. The van der Waals surface area contributed by atoms with Crippen LogP contribution >= 0.6 is 15.9 Å². The molecule has 0 aliphatic carbocycles. The molecule has 1 aliphatic heterocycles. The first-order chi connectivity index (χ1) is 8.97. The highest BCUT2D eigenvalue weighted by Crippen LogP contribution is 2.19. The third kappa shape index (κ3) is 3.24. The molecule has 7 heteroatoms. The standard InChI is InChI=1S/C12H12BrNO5/c13-10-3-1-8(19-10)2-4-11(16)14-6-7(15)5-9(14)12(17)18/h1-4,7,9,15H,5-6H2,(H,17,18)/t7-,9-/m0/s1. The summed E-state index contributed by atoms with van der Waals surface area (Å²) in [6.07, 6.45) is 1.95. The highest BCUT2D eigenvalue weighted by Gasteiger charge is 2.37. The van der Waals surface area contributed by atoms with E-state index in [-0.39, 0.29) is 13.0 Å². The van der Waals surface area contributed by atoms with Gasteiger partial charge in [-0.25, -0.2) is 4.79 Å². The van der Waals surface area contributed by atoms with Gasteiger partial charge in [-0.2, -0.15) is 0 Å². The third-order valence-electron chi connectivity index (χ3n) is 2.83. The van der Waals surface area contributed by atoms with Crippen molar-refractivity contribution in [2.75, 3.05) is 6.54 Å². The van der Waals surface area contributed by atoms with Gasteiger partial charge in [-0.05, 0) is 34.1 Å². The Bertz CT molecular complexity index is 524. The SMILES string of the molecule is O=C(O)[C@@H]1C[C@H](O)CN1C(=O)C=Cc1ccc(Br)o1. The Morgan fingerprint density at radius 2 is 2.21 bits per heavy atom. The molecule has 6 nitrogen and oxygen atoms in total. The number of carboxylic acid groups (broad SMARTS) is 1. The van der Waals surface area contributed by atoms with Crippen LogP contribution in [0.1, 0.15) is 12.2 Å². The second-order valence-electron chi connectivity index (χ2n) is 4.21. The Morgan fingerprint density at radius 1 is 1.47 bits per heavy atom. The van der Waals surface area contributed by atoms with Crippen LogP contribution in [-0.4, -0.2) is 45.7 Å². The number of β-amino-alcohol motifs (C(OH)–C–C–N with tert-alkyl or cyclic N) is 1. The second kappa shape index (κ2) is 5.58. The quantitative estimate of drug-likeness (QED) is 0.810. The number of rotatable bonds is 3. The number of likely N-dealkylation sites (tertiary alicyclic amines) is 1. The van der Waals surface area contributed by atoms with Gasteiger partial charge in [0.15, 0.2) is 4.67 Å². The molecule has 102 valence electrons. The Morgan fingerprint density at radius 3 is 2.79 bits per heavy atom. The maximum atomic E-state index is 11.9. The lowest BCUT2D eigenvalue weighted by molar-refractivity contribution is -0.146. The molecular weight excluding hydrogens is 318 g/mol. The van der Waals surface area contributed by atoms with Crippen molar-refractivity contribution in [3.8, 4) is 0 Å². The minimum Gasteiger partial charge on any atom is -0.480 e. The first-order valence-corrected chi connectivity index (χ1v) is 6.41. The number of aliphatic hydroxyl groups excluding tert-OH is 1. The van der Waals surface area contributed by atoms with Crippen LogP contribution in [0.3, 0.4) is 0 Å². The molecule has 0 bridgehead atoms. The van der Waals surface area contributed by atoms with Gasteiger partial charge in [0, 0.05) is 19.0 Å². The lowest BCUT2D eigenvalue weighted by Crippen LogP contribution is -2.39. The van der Waals surface area contributed by atoms with E-state index < -0.39 is 24.0 Å². The summed E-state index contributed by atoms with van der Waals surface area (Å²) in [7, 11) is 0. The highest BCUT2D eigenvalue weighted by molar-refractivity contribution is 9.10. The van der Waals surface area contributed by atoms with E-state index in [9.17, 15) is 14.7 Å². The molecule has 0 unspecified atom stereocenters. The number of hydrogen-bond acceptors (Lipinski definition) is 4. The van der Waals surface area contributed by atoms with Gasteiger partial charge in [0.25, 0.3) is 0 Å². The Hall–Kier alpha value is -1.60. The van der Waals surface area contributed by atoms with E-state index >= 15 is 0 Å². The number of halogens is 1. The number of aliphatic hydroxyl groups is 1. The summed E-state index contributed by atoms with van der Waals surface area (Å²) in [5.41, 5.74) is 0. The lowest BCUT2D eigenvalue weighted by atomic mass is 10.2. The fourth-order valence-electron chi connectivity index (χ4n) is 1.96. The van der Waals surface area contributed by atoms with Crippen molar-refractivity contribution in [2.45, 2.75) is 18.6 Å². The molecule has 0 radical (unpaired) electrons. The number of carbonyl (C=O) groups excluding carboxylic acids is 1. The predicted molar refractivity (Wildman–Crippen MR) is 69.2 cm³/mol. The fourth-order valence-corrected chi connectivity index (χ4v) is 2.28. The van der Waals surface area contributed by atoms with E-state index in [1.54, 1.807) is 12.1 Å². The smallest absolute Gasteiger partial charge is 0.326 e. The molecule has 0 saturated carbocycles. The minimum atomic E-state index is -1.11. The van der Waals surface area contributed by atoms with Crippen LogP contribution in [0.5, 0.6) is 0 Å². The monoisotopic (exact) mass is 329 g/mol.